The topological polar surface area (TPSA) is 21.3 Å². The van der Waals surface area contributed by atoms with Gasteiger partial charge in [0.25, 0.3) is 0 Å². The van der Waals surface area contributed by atoms with E-state index in [0.717, 1.165) is 23.3 Å². The smallest absolute Gasteiger partial charge is 0.162 e. The molecule has 2 aromatic rings. The summed E-state index contributed by atoms with van der Waals surface area (Å²) in [7, 11) is 1.86. The summed E-state index contributed by atoms with van der Waals surface area (Å²) >= 11 is 0. The Morgan fingerprint density at radius 2 is 1.84 bits per heavy atom. The minimum atomic E-state index is -0.915. The van der Waals surface area contributed by atoms with Crippen molar-refractivity contribution >= 4 is 0 Å². The molecule has 2 aromatic carbocycles. The second kappa shape index (κ2) is 5.80. The van der Waals surface area contributed by atoms with Crippen LogP contribution in [0, 0.1) is 18.6 Å². The first kappa shape index (κ1) is 13.5. The molecule has 0 saturated heterocycles. The second-order valence-electron chi connectivity index (χ2n) is 4.31. The van der Waals surface area contributed by atoms with Crippen molar-refractivity contribution in [1.29, 1.82) is 0 Å². The first-order chi connectivity index (χ1) is 9.10. The van der Waals surface area contributed by atoms with Crippen LogP contribution >= 0.6 is 0 Å². The lowest BCUT2D eigenvalue weighted by atomic mass is 10.1. The molecule has 0 radical (unpaired) electrons. The summed E-state index contributed by atoms with van der Waals surface area (Å²) in [5.41, 5.74) is 2.00. The number of halogens is 2. The van der Waals surface area contributed by atoms with Crippen molar-refractivity contribution in [2.75, 3.05) is 7.05 Å². The lowest BCUT2D eigenvalue weighted by molar-refractivity contribution is 0.458. The fourth-order valence-corrected chi connectivity index (χ4v) is 1.74. The average molecular weight is 263 g/mol. The van der Waals surface area contributed by atoms with Gasteiger partial charge in [-0.05, 0) is 43.3 Å². The third-order valence-corrected chi connectivity index (χ3v) is 2.75. The van der Waals surface area contributed by atoms with Gasteiger partial charge in [-0.15, -0.1) is 0 Å². The van der Waals surface area contributed by atoms with Crippen LogP contribution in [0.2, 0.25) is 0 Å². The zero-order valence-electron chi connectivity index (χ0n) is 10.8. The van der Waals surface area contributed by atoms with Crippen molar-refractivity contribution in [3.05, 3.63) is 59.2 Å². The van der Waals surface area contributed by atoms with E-state index in [1.165, 1.54) is 6.07 Å². The highest BCUT2D eigenvalue weighted by molar-refractivity contribution is 5.40. The normalized spacial score (nSPS) is 10.5. The van der Waals surface area contributed by atoms with Crippen molar-refractivity contribution in [2.45, 2.75) is 13.5 Å². The van der Waals surface area contributed by atoms with E-state index < -0.39 is 11.6 Å². The summed E-state index contributed by atoms with van der Waals surface area (Å²) in [6.45, 7) is 2.62. The molecule has 1 N–H and O–H groups in total. The summed E-state index contributed by atoms with van der Waals surface area (Å²) in [5.74, 6) is -0.878. The van der Waals surface area contributed by atoms with E-state index in [1.807, 2.05) is 32.2 Å². The largest absolute Gasteiger partial charge is 0.457 e. The molecule has 0 aliphatic carbocycles. The number of hydrogen-bond acceptors (Lipinski definition) is 2. The molecule has 0 fully saturated rings. The summed E-state index contributed by atoms with van der Waals surface area (Å²) in [6, 6.07) is 9.30. The number of hydrogen-bond donors (Lipinski definition) is 1. The Hall–Kier alpha value is -1.94. The molecule has 0 bridgehead atoms. The minimum absolute atomic E-state index is 0.281. The number of ether oxygens (including phenoxy) is 1. The molecule has 0 heterocycles. The van der Waals surface area contributed by atoms with Crippen LogP contribution in [-0.2, 0) is 6.54 Å². The van der Waals surface area contributed by atoms with E-state index in [0.29, 0.717) is 12.3 Å². The Bertz CT molecular complexity index is 584. The highest BCUT2D eigenvalue weighted by Gasteiger charge is 2.07. The molecule has 100 valence electrons. The second-order valence-corrected chi connectivity index (χ2v) is 4.31. The van der Waals surface area contributed by atoms with Crippen LogP contribution < -0.4 is 10.1 Å². The number of aryl methyl sites for hydroxylation is 1. The fourth-order valence-electron chi connectivity index (χ4n) is 1.74. The van der Waals surface area contributed by atoms with E-state index in [-0.39, 0.29) is 5.75 Å². The molecule has 0 aliphatic heterocycles. The lowest BCUT2D eigenvalue weighted by Crippen LogP contribution is -2.05. The maximum Gasteiger partial charge on any atom is 0.162 e. The Balaban J connectivity index is 2.26. The van der Waals surface area contributed by atoms with Crippen molar-refractivity contribution in [2.24, 2.45) is 0 Å². The molecule has 0 unspecified atom stereocenters. The van der Waals surface area contributed by atoms with Gasteiger partial charge in [0.1, 0.15) is 11.5 Å². The van der Waals surface area contributed by atoms with E-state index in [2.05, 4.69) is 5.32 Å². The standard InChI is InChI=1S/C15H15F2NO/c1-10-3-4-11(9-18-2)7-15(10)19-12-5-6-13(16)14(17)8-12/h3-8,18H,9H2,1-2H3. The molecule has 0 aromatic heterocycles. The summed E-state index contributed by atoms with van der Waals surface area (Å²) < 4.78 is 31.6. The molecule has 0 aliphatic rings. The maximum atomic E-state index is 13.1. The monoisotopic (exact) mass is 263 g/mol. The number of benzene rings is 2. The van der Waals surface area contributed by atoms with Crippen molar-refractivity contribution in [1.82, 2.24) is 5.32 Å². The number of nitrogens with one attached hydrogen (secondary N) is 1. The fraction of sp³-hybridized carbons (Fsp3) is 0.200. The molecule has 0 atom stereocenters. The molecular weight excluding hydrogens is 248 g/mol. The summed E-state index contributed by atoms with van der Waals surface area (Å²) in [5, 5.41) is 3.05. The van der Waals surface area contributed by atoms with Crippen LogP contribution in [0.25, 0.3) is 0 Å². The maximum absolute atomic E-state index is 13.1. The van der Waals surface area contributed by atoms with Gasteiger partial charge >= 0.3 is 0 Å². The van der Waals surface area contributed by atoms with Gasteiger partial charge in [0.2, 0.25) is 0 Å². The first-order valence-corrected chi connectivity index (χ1v) is 5.97. The zero-order valence-corrected chi connectivity index (χ0v) is 10.8. The Kier molecular flexibility index (Phi) is 4.12. The molecular formula is C15H15F2NO. The zero-order chi connectivity index (χ0) is 13.8. The van der Waals surface area contributed by atoms with E-state index in [1.54, 1.807) is 0 Å². The summed E-state index contributed by atoms with van der Waals surface area (Å²) in [6.07, 6.45) is 0. The van der Waals surface area contributed by atoms with E-state index >= 15 is 0 Å². The highest BCUT2D eigenvalue weighted by Crippen LogP contribution is 2.27. The Morgan fingerprint density at radius 3 is 2.53 bits per heavy atom. The first-order valence-electron chi connectivity index (χ1n) is 5.97. The highest BCUT2D eigenvalue weighted by atomic mass is 19.2. The molecule has 2 rings (SSSR count). The van der Waals surface area contributed by atoms with Crippen LogP contribution in [0.15, 0.2) is 36.4 Å². The van der Waals surface area contributed by atoms with Gasteiger partial charge in [0.05, 0.1) is 0 Å². The van der Waals surface area contributed by atoms with E-state index in [4.69, 9.17) is 4.74 Å². The third kappa shape index (κ3) is 3.29. The predicted molar refractivity (Wildman–Crippen MR) is 70.4 cm³/mol. The Labute approximate surface area is 111 Å². The summed E-state index contributed by atoms with van der Waals surface area (Å²) in [4.78, 5) is 0. The van der Waals surface area contributed by atoms with Crippen LogP contribution in [-0.4, -0.2) is 7.05 Å². The number of rotatable bonds is 4. The van der Waals surface area contributed by atoms with Crippen LogP contribution in [0.3, 0.4) is 0 Å². The van der Waals surface area contributed by atoms with Gasteiger partial charge in [0, 0.05) is 12.6 Å². The molecule has 0 saturated carbocycles. The van der Waals surface area contributed by atoms with Gasteiger partial charge in [-0.2, -0.15) is 0 Å². The van der Waals surface area contributed by atoms with Gasteiger partial charge in [-0.25, -0.2) is 8.78 Å². The molecule has 19 heavy (non-hydrogen) atoms. The minimum Gasteiger partial charge on any atom is -0.457 e. The molecule has 4 heteroatoms. The van der Waals surface area contributed by atoms with Gasteiger partial charge in [0.15, 0.2) is 11.6 Å². The quantitative estimate of drug-likeness (QED) is 0.906. The van der Waals surface area contributed by atoms with Gasteiger partial charge in [-0.3, -0.25) is 0 Å². The van der Waals surface area contributed by atoms with Gasteiger partial charge in [-0.1, -0.05) is 12.1 Å². The predicted octanol–water partition coefficient (Wildman–Crippen LogP) is 3.78. The van der Waals surface area contributed by atoms with Crippen molar-refractivity contribution in [3.63, 3.8) is 0 Å². The van der Waals surface area contributed by atoms with Crippen LogP contribution in [0.4, 0.5) is 8.78 Å². The van der Waals surface area contributed by atoms with Crippen LogP contribution in [0.5, 0.6) is 11.5 Å². The lowest BCUT2D eigenvalue weighted by Gasteiger charge is -2.11. The molecule has 0 amide bonds. The van der Waals surface area contributed by atoms with Crippen LogP contribution in [0.1, 0.15) is 11.1 Å². The average Bonchev–Trinajstić information content (AvgIpc) is 2.38. The van der Waals surface area contributed by atoms with Gasteiger partial charge < -0.3 is 10.1 Å². The van der Waals surface area contributed by atoms with Crippen molar-refractivity contribution < 1.29 is 13.5 Å². The van der Waals surface area contributed by atoms with Crippen molar-refractivity contribution in [3.8, 4) is 11.5 Å². The molecule has 0 spiro atoms. The van der Waals surface area contributed by atoms with E-state index in [9.17, 15) is 8.78 Å². The SMILES string of the molecule is CNCc1ccc(C)c(Oc2ccc(F)c(F)c2)c1. The molecule has 2 nitrogen and oxygen atoms in total. The Morgan fingerprint density at radius 1 is 1.05 bits per heavy atom. The third-order valence-electron chi connectivity index (χ3n) is 2.75.